The molecule has 0 saturated carbocycles. The zero-order valence-electron chi connectivity index (χ0n) is 6.83. The van der Waals surface area contributed by atoms with Crippen LogP contribution in [0.1, 0.15) is 12.5 Å². The van der Waals surface area contributed by atoms with E-state index < -0.39 is 5.38 Å². The summed E-state index contributed by atoms with van der Waals surface area (Å²) in [6, 6.07) is 3.74. The van der Waals surface area contributed by atoms with Crippen molar-refractivity contribution in [2.75, 3.05) is 0 Å². The van der Waals surface area contributed by atoms with Gasteiger partial charge in [0.25, 0.3) is 0 Å². The topological polar surface area (TPSA) is 30.0 Å². The van der Waals surface area contributed by atoms with Crippen LogP contribution in [0.15, 0.2) is 24.5 Å². The summed E-state index contributed by atoms with van der Waals surface area (Å²) < 4.78 is 0. The van der Waals surface area contributed by atoms with Crippen molar-refractivity contribution in [2.45, 2.75) is 18.7 Å². The number of hydrogen-bond acceptors (Lipinski definition) is 2. The van der Waals surface area contributed by atoms with Gasteiger partial charge in [0.05, 0.1) is 5.38 Å². The highest BCUT2D eigenvalue weighted by atomic mass is 35.5. The SMILES string of the molecule is CC(=O)C(Cl)Cc1cccnc1. The number of pyridine rings is 1. The number of halogens is 1. The lowest BCUT2D eigenvalue weighted by atomic mass is 10.1. The maximum absolute atomic E-state index is 10.8. The molecule has 0 spiro atoms. The maximum atomic E-state index is 10.8. The van der Waals surface area contributed by atoms with Gasteiger partial charge in [-0.2, -0.15) is 0 Å². The molecule has 1 heterocycles. The molecular weight excluding hydrogens is 174 g/mol. The maximum Gasteiger partial charge on any atom is 0.147 e. The van der Waals surface area contributed by atoms with Gasteiger partial charge in [-0.15, -0.1) is 11.6 Å². The lowest BCUT2D eigenvalue weighted by molar-refractivity contribution is -0.116. The number of alkyl halides is 1. The van der Waals surface area contributed by atoms with Gasteiger partial charge in [-0.1, -0.05) is 6.07 Å². The Hall–Kier alpha value is -0.890. The predicted octanol–water partition coefficient (Wildman–Crippen LogP) is 1.82. The minimum Gasteiger partial charge on any atom is -0.298 e. The van der Waals surface area contributed by atoms with Crippen LogP contribution in [0.25, 0.3) is 0 Å². The molecule has 0 aromatic carbocycles. The van der Waals surface area contributed by atoms with Crippen molar-refractivity contribution in [1.29, 1.82) is 0 Å². The summed E-state index contributed by atoms with van der Waals surface area (Å²) >= 11 is 5.77. The fourth-order valence-corrected chi connectivity index (χ4v) is 1.05. The molecule has 3 heteroatoms. The Labute approximate surface area is 76.6 Å². The van der Waals surface area contributed by atoms with Crippen molar-refractivity contribution in [3.8, 4) is 0 Å². The molecule has 1 rings (SSSR count). The Morgan fingerprint density at radius 1 is 1.75 bits per heavy atom. The first-order chi connectivity index (χ1) is 5.70. The van der Waals surface area contributed by atoms with E-state index in [-0.39, 0.29) is 5.78 Å². The lowest BCUT2D eigenvalue weighted by Gasteiger charge is -2.03. The van der Waals surface area contributed by atoms with E-state index in [1.807, 2.05) is 12.1 Å². The standard InChI is InChI=1S/C9H10ClNO/c1-7(12)9(10)5-8-3-2-4-11-6-8/h2-4,6,9H,5H2,1H3. The van der Waals surface area contributed by atoms with Crippen molar-refractivity contribution < 1.29 is 4.79 Å². The Morgan fingerprint density at radius 3 is 3.00 bits per heavy atom. The number of carbonyl (C=O) groups excluding carboxylic acids is 1. The van der Waals surface area contributed by atoms with E-state index in [2.05, 4.69) is 4.98 Å². The van der Waals surface area contributed by atoms with Gasteiger partial charge in [0.2, 0.25) is 0 Å². The van der Waals surface area contributed by atoms with E-state index in [9.17, 15) is 4.79 Å². The minimum absolute atomic E-state index is 0.000481. The number of nitrogens with zero attached hydrogens (tertiary/aromatic N) is 1. The Bertz CT molecular complexity index is 260. The van der Waals surface area contributed by atoms with E-state index in [1.165, 1.54) is 6.92 Å². The molecule has 0 bridgehead atoms. The van der Waals surface area contributed by atoms with Crippen LogP contribution in [-0.4, -0.2) is 16.1 Å². The average Bonchev–Trinajstić information content (AvgIpc) is 2.06. The summed E-state index contributed by atoms with van der Waals surface area (Å²) in [5, 5.41) is -0.422. The number of rotatable bonds is 3. The number of hydrogen-bond donors (Lipinski definition) is 0. The first-order valence-corrected chi connectivity index (χ1v) is 4.17. The largest absolute Gasteiger partial charge is 0.298 e. The third-order valence-electron chi connectivity index (χ3n) is 1.58. The summed E-state index contributed by atoms with van der Waals surface area (Å²) in [5.74, 6) is 0.000481. The summed E-state index contributed by atoms with van der Waals surface area (Å²) in [6.07, 6.45) is 3.98. The van der Waals surface area contributed by atoms with Crippen molar-refractivity contribution in [3.63, 3.8) is 0 Å². The third kappa shape index (κ3) is 2.62. The van der Waals surface area contributed by atoms with Crippen LogP contribution < -0.4 is 0 Å². The second kappa shape index (κ2) is 4.21. The second-order valence-electron chi connectivity index (χ2n) is 2.64. The molecule has 64 valence electrons. The van der Waals surface area contributed by atoms with Crippen LogP contribution >= 0.6 is 11.6 Å². The van der Waals surface area contributed by atoms with Crippen molar-refractivity contribution in [1.82, 2.24) is 4.98 Å². The van der Waals surface area contributed by atoms with Crippen LogP contribution in [0.5, 0.6) is 0 Å². The van der Waals surface area contributed by atoms with Gasteiger partial charge in [-0.25, -0.2) is 0 Å². The van der Waals surface area contributed by atoms with E-state index in [0.29, 0.717) is 6.42 Å². The van der Waals surface area contributed by atoms with Gasteiger partial charge in [0, 0.05) is 12.4 Å². The molecule has 12 heavy (non-hydrogen) atoms. The normalized spacial score (nSPS) is 12.5. The smallest absolute Gasteiger partial charge is 0.147 e. The molecule has 0 aliphatic carbocycles. The van der Waals surface area contributed by atoms with Gasteiger partial charge < -0.3 is 0 Å². The van der Waals surface area contributed by atoms with E-state index in [4.69, 9.17) is 11.6 Å². The predicted molar refractivity (Wildman–Crippen MR) is 48.3 cm³/mol. The molecule has 1 aromatic heterocycles. The molecule has 0 aliphatic heterocycles. The number of Topliss-reactive ketones (excluding diaryl/α,β-unsaturated/α-hetero) is 1. The number of ketones is 1. The van der Waals surface area contributed by atoms with Gasteiger partial charge in [0.15, 0.2) is 0 Å². The van der Waals surface area contributed by atoms with Crippen molar-refractivity contribution in [2.24, 2.45) is 0 Å². The Morgan fingerprint density at radius 2 is 2.50 bits per heavy atom. The fourth-order valence-electron chi connectivity index (χ4n) is 0.870. The fraction of sp³-hybridized carbons (Fsp3) is 0.333. The molecular formula is C9H10ClNO. The van der Waals surface area contributed by atoms with Crippen LogP contribution in [0, 0.1) is 0 Å². The Kier molecular flexibility index (Phi) is 3.23. The summed E-state index contributed by atoms with van der Waals surface area (Å²) in [5.41, 5.74) is 0.993. The number of carbonyl (C=O) groups is 1. The second-order valence-corrected chi connectivity index (χ2v) is 3.17. The van der Waals surface area contributed by atoms with Gasteiger partial charge >= 0.3 is 0 Å². The lowest BCUT2D eigenvalue weighted by Crippen LogP contribution is -2.13. The van der Waals surface area contributed by atoms with Gasteiger partial charge in [0.1, 0.15) is 5.78 Å². The van der Waals surface area contributed by atoms with Crippen LogP contribution in [0.2, 0.25) is 0 Å². The van der Waals surface area contributed by atoms with Crippen molar-refractivity contribution in [3.05, 3.63) is 30.1 Å². The van der Waals surface area contributed by atoms with Crippen LogP contribution in [-0.2, 0) is 11.2 Å². The van der Waals surface area contributed by atoms with Crippen molar-refractivity contribution >= 4 is 17.4 Å². The molecule has 1 aromatic rings. The molecule has 0 saturated heterocycles. The van der Waals surface area contributed by atoms with Gasteiger partial charge in [-0.3, -0.25) is 9.78 Å². The molecule has 0 N–H and O–H groups in total. The molecule has 0 aliphatic rings. The van der Waals surface area contributed by atoms with Gasteiger partial charge in [-0.05, 0) is 25.0 Å². The molecule has 1 atom stereocenters. The number of aromatic nitrogens is 1. The highest BCUT2D eigenvalue weighted by Gasteiger charge is 2.10. The van der Waals surface area contributed by atoms with E-state index in [1.54, 1.807) is 12.4 Å². The van der Waals surface area contributed by atoms with Crippen LogP contribution in [0.4, 0.5) is 0 Å². The van der Waals surface area contributed by atoms with Crippen LogP contribution in [0.3, 0.4) is 0 Å². The highest BCUT2D eigenvalue weighted by molar-refractivity contribution is 6.30. The molecule has 0 fully saturated rings. The average molecular weight is 184 g/mol. The third-order valence-corrected chi connectivity index (χ3v) is 2.04. The zero-order valence-corrected chi connectivity index (χ0v) is 7.58. The summed E-state index contributed by atoms with van der Waals surface area (Å²) in [6.45, 7) is 1.49. The minimum atomic E-state index is -0.422. The quantitative estimate of drug-likeness (QED) is 0.670. The zero-order chi connectivity index (χ0) is 8.97. The summed E-state index contributed by atoms with van der Waals surface area (Å²) in [4.78, 5) is 14.7. The first-order valence-electron chi connectivity index (χ1n) is 3.73. The van der Waals surface area contributed by atoms with E-state index in [0.717, 1.165) is 5.56 Å². The van der Waals surface area contributed by atoms with E-state index >= 15 is 0 Å². The monoisotopic (exact) mass is 183 g/mol. The highest BCUT2D eigenvalue weighted by Crippen LogP contribution is 2.07. The molecule has 0 radical (unpaired) electrons. The first kappa shape index (κ1) is 9.20. The molecule has 2 nitrogen and oxygen atoms in total. The summed E-state index contributed by atoms with van der Waals surface area (Å²) in [7, 11) is 0. The molecule has 1 unspecified atom stereocenters. The molecule has 0 amide bonds. The Balaban J connectivity index is 2.58.